The van der Waals surface area contributed by atoms with E-state index in [-0.39, 0.29) is 18.0 Å². The molecule has 0 bridgehead atoms. The number of rotatable bonds is 5. The number of carbonyl (C=O) groups is 3. The molecule has 0 aliphatic carbocycles. The van der Waals surface area contributed by atoms with Crippen molar-refractivity contribution in [3.63, 3.8) is 0 Å². The first-order valence-electron chi connectivity index (χ1n) is 8.16. The Morgan fingerprint density at radius 2 is 1.66 bits per heavy atom. The molecule has 0 heterocycles. The maximum absolute atomic E-state index is 12.1. The van der Waals surface area contributed by atoms with Crippen LogP contribution in [0.5, 0.6) is 0 Å². The molecular weight excluding hydrogens is 503 g/mol. The van der Waals surface area contributed by atoms with Crippen LogP contribution in [0.15, 0.2) is 46.9 Å². The minimum Gasteiger partial charge on any atom is -0.325 e. The van der Waals surface area contributed by atoms with Gasteiger partial charge in [0, 0.05) is 22.3 Å². The van der Waals surface area contributed by atoms with Crippen molar-refractivity contribution in [1.82, 2.24) is 16.2 Å². The van der Waals surface area contributed by atoms with Crippen molar-refractivity contribution in [3.8, 4) is 0 Å². The Hall–Kier alpha value is -2.20. The first kappa shape index (κ1) is 23.1. The molecule has 7 nitrogen and oxygen atoms in total. The van der Waals surface area contributed by atoms with Gasteiger partial charge in [0.05, 0.1) is 16.3 Å². The van der Waals surface area contributed by atoms with Crippen LogP contribution in [0, 0.1) is 0 Å². The van der Waals surface area contributed by atoms with E-state index >= 15 is 0 Å². The van der Waals surface area contributed by atoms with Crippen LogP contribution >= 0.6 is 51.3 Å². The summed E-state index contributed by atoms with van der Waals surface area (Å²) >= 11 is 20.0. The summed E-state index contributed by atoms with van der Waals surface area (Å²) in [5.74, 6) is -1.32. The van der Waals surface area contributed by atoms with Crippen molar-refractivity contribution < 1.29 is 14.4 Å². The van der Waals surface area contributed by atoms with E-state index in [0.29, 0.717) is 25.8 Å². The molecule has 29 heavy (non-hydrogen) atoms. The average Bonchev–Trinajstić information content (AvgIpc) is 2.67. The molecule has 3 amide bonds. The molecule has 0 saturated heterocycles. The molecule has 0 aliphatic rings. The maximum atomic E-state index is 12.1. The van der Waals surface area contributed by atoms with Crippen LogP contribution in [-0.4, -0.2) is 22.8 Å². The van der Waals surface area contributed by atoms with Gasteiger partial charge in [0.15, 0.2) is 5.11 Å². The number of thiocarbonyl (C=S) groups is 1. The Morgan fingerprint density at radius 3 is 2.34 bits per heavy atom. The van der Waals surface area contributed by atoms with Gasteiger partial charge in [-0.3, -0.25) is 30.6 Å². The van der Waals surface area contributed by atoms with Crippen LogP contribution < -0.4 is 21.5 Å². The highest BCUT2D eigenvalue weighted by Gasteiger charge is 2.12. The Labute approximate surface area is 190 Å². The van der Waals surface area contributed by atoms with Crippen molar-refractivity contribution in [2.75, 3.05) is 5.32 Å². The lowest BCUT2D eigenvalue weighted by Gasteiger charge is -2.11. The molecule has 2 rings (SSSR count). The van der Waals surface area contributed by atoms with E-state index in [1.807, 2.05) is 0 Å². The quantitative estimate of drug-likeness (QED) is 0.357. The van der Waals surface area contributed by atoms with Crippen LogP contribution in [0.3, 0.4) is 0 Å². The van der Waals surface area contributed by atoms with E-state index in [1.165, 1.54) is 6.07 Å². The molecule has 0 radical (unpaired) electrons. The molecule has 0 saturated carbocycles. The largest absolute Gasteiger partial charge is 0.325 e. The molecule has 2 aromatic carbocycles. The fourth-order valence-electron chi connectivity index (χ4n) is 2.07. The smallest absolute Gasteiger partial charge is 0.258 e. The molecule has 152 valence electrons. The highest BCUT2D eigenvalue weighted by Crippen LogP contribution is 2.25. The van der Waals surface area contributed by atoms with Crippen LogP contribution in [0.25, 0.3) is 0 Å². The number of nitrogens with one attached hydrogen (secondary N) is 4. The molecule has 0 spiro atoms. The van der Waals surface area contributed by atoms with E-state index in [1.54, 1.807) is 36.4 Å². The van der Waals surface area contributed by atoms with Gasteiger partial charge in [0.2, 0.25) is 11.8 Å². The predicted octanol–water partition coefficient (Wildman–Crippen LogP) is 3.81. The summed E-state index contributed by atoms with van der Waals surface area (Å²) in [5, 5.41) is 5.68. The van der Waals surface area contributed by atoms with Crippen molar-refractivity contribution in [1.29, 1.82) is 0 Å². The Balaban J connectivity index is 1.72. The van der Waals surface area contributed by atoms with Gasteiger partial charge in [0.25, 0.3) is 5.91 Å². The Bertz CT molecular complexity index is 958. The van der Waals surface area contributed by atoms with Gasteiger partial charge in [-0.25, -0.2) is 0 Å². The summed E-state index contributed by atoms with van der Waals surface area (Å²) in [6, 6.07) is 11.5. The third-order valence-electron chi connectivity index (χ3n) is 3.45. The van der Waals surface area contributed by atoms with Gasteiger partial charge in [0.1, 0.15) is 0 Å². The third kappa shape index (κ3) is 7.62. The Kier molecular flexibility index (Phi) is 8.84. The second-order valence-electron chi connectivity index (χ2n) is 5.61. The zero-order valence-corrected chi connectivity index (χ0v) is 18.6. The summed E-state index contributed by atoms with van der Waals surface area (Å²) < 4.78 is 0.608. The van der Waals surface area contributed by atoms with Gasteiger partial charge < -0.3 is 5.32 Å². The zero-order chi connectivity index (χ0) is 21.4. The second kappa shape index (κ2) is 11.1. The molecule has 0 aliphatic heterocycles. The van der Waals surface area contributed by atoms with Crippen molar-refractivity contribution >= 4 is 79.9 Å². The number of carbonyl (C=O) groups excluding carboxylic acids is 3. The number of hydrogen-bond donors (Lipinski definition) is 4. The predicted molar refractivity (Wildman–Crippen MR) is 120 cm³/mol. The fourth-order valence-corrected chi connectivity index (χ4v) is 3.13. The highest BCUT2D eigenvalue weighted by molar-refractivity contribution is 9.10. The molecule has 11 heteroatoms. The molecule has 4 N–H and O–H groups in total. The first-order valence-corrected chi connectivity index (χ1v) is 10.1. The van der Waals surface area contributed by atoms with Crippen LogP contribution in [0.4, 0.5) is 5.69 Å². The lowest BCUT2D eigenvalue weighted by Crippen LogP contribution is -2.48. The van der Waals surface area contributed by atoms with E-state index in [9.17, 15) is 14.4 Å². The fraction of sp³-hybridized carbons (Fsp3) is 0.111. The summed E-state index contributed by atoms with van der Waals surface area (Å²) in [4.78, 5) is 35.9. The normalized spacial score (nSPS) is 10.0. The van der Waals surface area contributed by atoms with Gasteiger partial charge in [-0.05, 0) is 58.5 Å². The lowest BCUT2D eigenvalue weighted by atomic mass is 10.2. The SMILES string of the molecule is O=C(CCC(=O)Nc1ccc(Cl)cc1Cl)NNC(=S)NC(=O)c1ccccc1Br. The zero-order valence-electron chi connectivity index (χ0n) is 14.7. The van der Waals surface area contributed by atoms with E-state index in [0.717, 1.165) is 0 Å². The monoisotopic (exact) mass is 516 g/mol. The van der Waals surface area contributed by atoms with Gasteiger partial charge in [-0.15, -0.1) is 0 Å². The van der Waals surface area contributed by atoms with Crippen LogP contribution in [0.1, 0.15) is 23.2 Å². The number of halogens is 3. The van der Waals surface area contributed by atoms with Crippen molar-refractivity contribution in [2.24, 2.45) is 0 Å². The van der Waals surface area contributed by atoms with Gasteiger partial charge in [-0.2, -0.15) is 0 Å². The highest BCUT2D eigenvalue weighted by atomic mass is 79.9. The standard InChI is InChI=1S/C18H15BrCl2N4O3S/c19-12-4-2-1-3-11(12)17(28)23-18(29)25-24-16(27)8-7-15(26)22-14-6-5-10(20)9-13(14)21/h1-6,9H,7-8H2,(H,22,26)(H,24,27)(H2,23,25,28,29). The van der Waals surface area contributed by atoms with Crippen LogP contribution in [-0.2, 0) is 9.59 Å². The minimum atomic E-state index is -0.486. The van der Waals surface area contributed by atoms with Crippen molar-refractivity contribution in [3.05, 3.63) is 62.5 Å². The first-order chi connectivity index (χ1) is 13.8. The van der Waals surface area contributed by atoms with E-state index in [2.05, 4.69) is 37.4 Å². The lowest BCUT2D eigenvalue weighted by molar-refractivity contribution is -0.124. The van der Waals surface area contributed by atoms with E-state index in [4.69, 9.17) is 35.4 Å². The molecule has 0 unspecified atom stereocenters. The van der Waals surface area contributed by atoms with E-state index < -0.39 is 17.7 Å². The number of hydrazine groups is 1. The molecule has 0 aromatic heterocycles. The molecular formula is C18H15BrCl2N4O3S. The summed E-state index contributed by atoms with van der Waals surface area (Å²) in [6.07, 6.45) is -0.187. The third-order valence-corrected chi connectivity index (χ3v) is 4.89. The topological polar surface area (TPSA) is 99.3 Å². The molecule has 0 fully saturated rings. The van der Waals surface area contributed by atoms with Crippen LogP contribution in [0.2, 0.25) is 10.0 Å². The number of anilines is 1. The number of benzene rings is 2. The second-order valence-corrected chi connectivity index (χ2v) is 7.71. The average molecular weight is 518 g/mol. The van der Waals surface area contributed by atoms with Gasteiger partial charge >= 0.3 is 0 Å². The number of hydrogen-bond acceptors (Lipinski definition) is 4. The van der Waals surface area contributed by atoms with Gasteiger partial charge in [-0.1, -0.05) is 35.3 Å². The summed E-state index contributed by atoms with van der Waals surface area (Å²) in [7, 11) is 0. The summed E-state index contributed by atoms with van der Waals surface area (Å²) in [5.41, 5.74) is 5.51. The number of amides is 3. The van der Waals surface area contributed by atoms with Crippen molar-refractivity contribution in [2.45, 2.75) is 12.8 Å². The molecule has 2 aromatic rings. The Morgan fingerprint density at radius 1 is 0.966 bits per heavy atom. The minimum absolute atomic E-state index is 0.0808. The maximum Gasteiger partial charge on any atom is 0.258 e. The molecule has 0 atom stereocenters. The summed E-state index contributed by atoms with van der Waals surface area (Å²) in [6.45, 7) is 0.